The van der Waals surface area contributed by atoms with E-state index >= 15 is 0 Å². The number of nitrogens with zero attached hydrogens (tertiary/aromatic N) is 2. The third kappa shape index (κ3) is 3.87. The minimum Gasteiger partial charge on any atom is -0.360 e. The van der Waals surface area contributed by atoms with E-state index in [9.17, 15) is 23.3 Å². The zero-order valence-electron chi connectivity index (χ0n) is 15.6. The first kappa shape index (κ1) is 19.6. The predicted octanol–water partition coefficient (Wildman–Crippen LogP) is 2.80. The van der Waals surface area contributed by atoms with Gasteiger partial charge in [-0.25, -0.2) is 8.42 Å². The normalized spacial score (nSPS) is 13.8. The number of aliphatic imine (C=N–C) groups is 1. The standard InChI is InChI=1S/C19H17N5O5S/c25-19(16-11-21-17-7-6-13(24(26)27)10-15(16)17)22-12-3-1-4-14(9-12)30(28,29)23-18-5-2-8-20-18/h1,3-4,6-7,9-11,21H,2,5,8H2,(H,20,23)(H,22,25). The number of nitro groups is 1. The van der Waals surface area contributed by atoms with E-state index in [-0.39, 0.29) is 21.8 Å². The second-order valence-electron chi connectivity index (χ2n) is 6.71. The number of benzene rings is 2. The Balaban J connectivity index is 1.58. The van der Waals surface area contributed by atoms with Crippen LogP contribution in [0.25, 0.3) is 10.9 Å². The van der Waals surface area contributed by atoms with E-state index in [0.29, 0.717) is 29.7 Å². The number of H-pyrrole nitrogens is 1. The Labute approximate surface area is 171 Å². The number of non-ortho nitro benzene ring substituents is 1. The van der Waals surface area contributed by atoms with Gasteiger partial charge in [0.2, 0.25) is 0 Å². The highest BCUT2D eigenvalue weighted by molar-refractivity contribution is 7.90. The molecule has 0 bridgehead atoms. The predicted molar refractivity (Wildman–Crippen MR) is 111 cm³/mol. The van der Waals surface area contributed by atoms with Gasteiger partial charge in [0, 0.05) is 47.9 Å². The molecule has 154 valence electrons. The minimum atomic E-state index is -3.82. The van der Waals surface area contributed by atoms with Gasteiger partial charge in [-0.1, -0.05) is 6.07 Å². The van der Waals surface area contributed by atoms with Crippen molar-refractivity contribution in [3.05, 3.63) is 64.3 Å². The average Bonchev–Trinajstić information content (AvgIpc) is 3.36. The van der Waals surface area contributed by atoms with Crippen molar-refractivity contribution in [1.82, 2.24) is 9.71 Å². The van der Waals surface area contributed by atoms with Gasteiger partial charge in [0.1, 0.15) is 5.84 Å². The molecule has 0 unspecified atom stereocenters. The molecular weight excluding hydrogens is 410 g/mol. The molecule has 3 N–H and O–H groups in total. The summed E-state index contributed by atoms with van der Waals surface area (Å²) in [5, 5.41) is 14.1. The molecule has 11 heteroatoms. The number of carbonyl (C=O) groups is 1. The molecule has 0 atom stereocenters. The number of hydrogen-bond acceptors (Lipinski definition) is 6. The van der Waals surface area contributed by atoms with Crippen LogP contribution in [0.15, 0.2) is 58.5 Å². The Morgan fingerprint density at radius 1 is 1.20 bits per heavy atom. The van der Waals surface area contributed by atoms with Gasteiger partial charge in [0.25, 0.3) is 21.6 Å². The van der Waals surface area contributed by atoms with Gasteiger partial charge in [0.05, 0.1) is 15.4 Å². The lowest BCUT2D eigenvalue weighted by atomic mass is 10.1. The molecule has 2 heterocycles. The minimum absolute atomic E-state index is 0.00976. The summed E-state index contributed by atoms with van der Waals surface area (Å²) in [6.07, 6.45) is 2.82. The molecule has 3 aromatic rings. The number of nitrogens with one attached hydrogen (secondary N) is 3. The number of amides is 1. The van der Waals surface area contributed by atoms with Crippen LogP contribution in [0.5, 0.6) is 0 Å². The number of carbonyl (C=O) groups excluding carboxylic acids is 1. The van der Waals surface area contributed by atoms with Gasteiger partial charge < -0.3 is 10.3 Å². The summed E-state index contributed by atoms with van der Waals surface area (Å²) >= 11 is 0. The maximum Gasteiger partial charge on any atom is 0.270 e. The summed E-state index contributed by atoms with van der Waals surface area (Å²) in [4.78, 5) is 30.2. The van der Waals surface area contributed by atoms with E-state index in [2.05, 4.69) is 20.0 Å². The number of rotatable bonds is 5. The number of nitro benzene ring substituents is 1. The zero-order chi connectivity index (χ0) is 21.3. The molecule has 0 radical (unpaired) electrons. The zero-order valence-corrected chi connectivity index (χ0v) is 16.4. The SMILES string of the molecule is O=C(Nc1cccc(S(=O)(=O)NC2=NCCC2)c1)c1c[nH]c2ccc([N+](=O)[O-])cc12. The quantitative estimate of drug-likeness (QED) is 0.423. The van der Waals surface area contributed by atoms with Crippen molar-refractivity contribution < 1.29 is 18.1 Å². The van der Waals surface area contributed by atoms with Crippen molar-refractivity contribution in [2.75, 3.05) is 11.9 Å². The Morgan fingerprint density at radius 2 is 2.03 bits per heavy atom. The first-order chi connectivity index (χ1) is 14.3. The highest BCUT2D eigenvalue weighted by Gasteiger charge is 2.20. The second kappa shape index (κ2) is 7.59. The molecule has 2 aromatic carbocycles. The Kier molecular flexibility index (Phi) is 4.96. The van der Waals surface area contributed by atoms with Gasteiger partial charge in [0.15, 0.2) is 0 Å². The lowest BCUT2D eigenvalue weighted by molar-refractivity contribution is -0.384. The van der Waals surface area contributed by atoms with Crippen molar-refractivity contribution >= 4 is 44.0 Å². The summed E-state index contributed by atoms with van der Waals surface area (Å²) in [6.45, 7) is 0.594. The molecule has 0 spiro atoms. The molecular formula is C19H17N5O5S. The Bertz CT molecular complexity index is 1300. The summed E-state index contributed by atoms with van der Waals surface area (Å²) in [5.41, 5.74) is 0.921. The Morgan fingerprint density at radius 3 is 2.77 bits per heavy atom. The van der Waals surface area contributed by atoms with Crippen molar-refractivity contribution in [2.24, 2.45) is 4.99 Å². The number of aromatic amines is 1. The summed E-state index contributed by atoms with van der Waals surface area (Å²) < 4.78 is 27.6. The first-order valence-corrected chi connectivity index (χ1v) is 10.5. The van der Waals surface area contributed by atoms with Gasteiger partial charge in [-0.2, -0.15) is 0 Å². The van der Waals surface area contributed by atoms with Crippen LogP contribution in [0.2, 0.25) is 0 Å². The molecule has 0 saturated carbocycles. The number of hydrogen-bond donors (Lipinski definition) is 3. The average molecular weight is 427 g/mol. The topological polar surface area (TPSA) is 147 Å². The maximum absolute atomic E-state index is 12.7. The summed E-state index contributed by atoms with van der Waals surface area (Å²) in [7, 11) is -3.82. The van der Waals surface area contributed by atoms with E-state index in [1.807, 2.05) is 0 Å². The van der Waals surface area contributed by atoms with Crippen molar-refractivity contribution in [1.29, 1.82) is 0 Å². The van der Waals surface area contributed by atoms with Crippen LogP contribution in [0.4, 0.5) is 11.4 Å². The molecule has 0 aliphatic carbocycles. The number of sulfonamides is 1. The van der Waals surface area contributed by atoms with Gasteiger partial charge in [-0.05, 0) is 30.7 Å². The fourth-order valence-electron chi connectivity index (χ4n) is 3.19. The van der Waals surface area contributed by atoms with E-state index in [1.54, 1.807) is 6.07 Å². The molecule has 1 aromatic heterocycles. The molecule has 0 fully saturated rings. The smallest absolute Gasteiger partial charge is 0.270 e. The van der Waals surface area contributed by atoms with Crippen LogP contribution in [0.3, 0.4) is 0 Å². The van der Waals surface area contributed by atoms with Crippen LogP contribution in [0, 0.1) is 10.1 Å². The number of fused-ring (bicyclic) bond motifs is 1. The third-order valence-electron chi connectivity index (χ3n) is 4.65. The largest absolute Gasteiger partial charge is 0.360 e. The van der Waals surface area contributed by atoms with Crippen molar-refractivity contribution in [2.45, 2.75) is 17.7 Å². The summed E-state index contributed by atoms with van der Waals surface area (Å²) in [6, 6.07) is 10.0. The number of amidine groups is 1. The second-order valence-corrected chi connectivity index (χ2v) is 8.39. The lowest BCUT2D eigenvalue weighted by Crippen LogP contribution is -2.29. The van der Waals surface area contributed by atoms with Crippen LogP contribution >= 0.6 is 0 Å². The lowest BCUT2D eigenvalue weighted by Gasteiger charge is -2.10. The molecule has 4 rings (SSSR count). The molecule has 30 heavy (non-hydrogen) atoms. The molecule has 1 aliphatic heterocycles. The van der Waals surface area contributed by atoms with E-state index in [0.717, 1.165) is 6.42 Å². The number of aromatic nitrogens is 1. The van der Waals surface area contributed by atoms with Crippen LogP contribution in [0.1, 0.15) is 23.2 Å². The Hall–Kier alpha value is -3.73. The van der Waals surface area contributed by atoms with Crippen molar-refractivity contribution in [3.63, 3.8) is 0 Å². The highest BCUT2D eigenvalue weighted by Crippen LogP contribution is 2.25. The van der Waals surface area contributed by atoms with E-state index in [1.165, 1.54) is 42.6 Å². The highest BCUT2D eigenvalue weighted by atomic mass is 32.2. The van der Waals surface area contributed by atoms with Crippen molar-refractivity contribution in [3.8, 4) is 0 Å². The van der Waals surface area contributed by atoms with Gasteiger partial charge in [-0.15, -0.1) is 0 Å². The third-order valence-corrected chi connectivity index (χ3v) is 6.03. The summed E-state index contributed by atoms with van der Waals surface area (Å²) in [5.74, 6) is -0.103. The van der Waals surface area contributed by atoms with Gasteiger partial charge >= 0.3 is 0 Å². The number of anilines is 1. The molecule has 10 nitrogen and oxygen atoms in total. The van der Waals surface area contributed by atoms with Crippen LogP contribution in [-0.4, -0.2) is 36.6 Å². The fraction of sp³-hybridized carbons (Fsp3) is 0.158. The van der Waals surface area contributed by atoms with Crippen LogP contribution < -0.4 is 10.0 Å². The maximum atomic E-state index is 12.7. The monoisotopic (exact) mass is 427 g/mol. The molecule has 0 saturated heterocycles. The van der Waals surface area contributed by atoms with E-state index < -0.39 is 20.9 Å². The first-order valence-electron chi connectivity index (χ1n) is 9.06. The molecule has 1 amide bonds. The van der Waals surface area contributed by atoms with Crippen LogP contribution in [-0.2, 0) is 10.0 Å². The molecule has 1 aliphatic rings. The van der Waals surface area contributed by atoms with E-state index in [4.69, 9.17) is 0 Å². The fourth-order valence-corrected chi connectivity index (χ4v) is 4.32. The van der Waals surface area contributed by atoms with Gasteiger partial charge in [-0.3, -0.25) is 24.6 Å².